The van der Waals surface area contributed by atoms with Crippen LogP contribution in [0.3, 0.4) is 0 Å². The Bertz CT molecular complexity index is 727. The second-order valence-electron chi connectivity index (χ2n) is 4.01. The average molecular weight is 353 g/mol. The normalized spacial score (nSPS) is 10.2. The fourth-order valence-electron chi connectivity index (χ4n) is 1.73. The van der Waals surface area contributed by atoms with E-state index < -0.39 is 11.5 Å². The Morgan fingerprint density at radius 2 is 2.14 bits per heavy atom. The van der Waals surface area contributed by atoms with Gasteiger partial charge in [0.2, 0.25) is 5.69 Å². The molecular weight excluding hydrogens is 340 g/mol. The van der Waals surface area contributed by atoms with E-state index >= 15 is 0 Å². The van der Waals surface area contributed by atoms with E-state index in [1.165, 1.54) is 13.2 Å². The maximum absolute atomic E-state index is 12.1. The van der Waals surface area contributed by atoms with E-state index in [0.29, 0.717) is 5.69 Å². The third kappa shape index (κ3) is 3.30. The van der Waals surface area contributed by atoms with Crippen molar-refractivity contribution >= 4 is 21.9 Å². The van der Waals surface area contributed by atoms with E-state index in [0.717, 1.165) is 9.15 Å². The minimum Gasteiger partial charge on any atom is -0.494 e. The molecule has 2 rings (SSSR count). The first-order chi connectivity index (χ1) is 10.1. The fourth-order valence-corrected chi connectivity index (χ4v) is 2.12. The van der Waals surface area contributed by atoms with Gasteiger partial charge < -0.3 is 9.47 Å². The Balaban J connectivity index is 2.60. The summed E-state index contributed by atoms with van der Waals surface area (Å²) in [5.41, 5.74) is 0.0829. The number of hydrogen-bond donors (Lipinski definition) is 0. The topological polar surface area (TPSA) is 70.4 Å². The van der Waals surface area contributed by atoms with Gasteiger partial charge in [-0.3, -0.25) is 4.79 Å². The van der Waals surface area contributed by atoms with Crippen LogP contribution in [0.2, 0.25) is 0 Å². The highest BCUT2D eigenvalue weighted by Gasteiger charge is 2.19. The first-order valence-electron chi connectivity index (χ1n) is 6.18. The maximum atomic E-state index is 12.1. The number of nitrogens with zero attached hydrogens (tertiary/aromatic N) is 2. The summed E-state index contributed by atoms with van der Waals surface area (Å²) in [5.74, 6) is -0.553. The van der Waals surface area contributed by atoms with Crippen molar-refractivity contribution in [3.63, 3.8) is 0 Å². The quantitative estimate of drug-likeness (QED) is 0.788. The summed E-state index contributed by atoms with van der Waals surface area (Å²) in [4.78, 5) is 24.0. The molecule has 0 radical (unpaired) electrons. The number of rotatable bonds is 4. The predicted octanol–water partition coefficient (Wildman–Crippen LogP) is 2.18. The molecule has 0 aliphatic rings. The van der Waals surface area contributed by atoms with Crippen molar-refractivity contribution < 1.29 is 14.3 Å². The number of benzene rings is 1. The lowest BCUT2D eigenvalue weighted by Gasteiger charge is -2.10. The van der Waals surface area contributed by atoms with Gasteiger partial charge in [-0.2, -0.15) is 9.78 Å². The molecule has 0 saturated carbocycles. The highest BCUT2D eigenvalue weighted by Crippen LogP contribution is 2.17. The zero-order valence-electron chi connectivity index (χ0n) is 11.5. The van der Waals surface area contributed by atoms with Gasteiger partial charge in [0.05, 0.1) is 25.5 Å². The summed E-state index contributed by atoms with van der Waals surface area (Å²) in [6.45, 7) is 1.90. The van der Waals surface area contributed by atoms with Crippen LogP contribution in [0.1, 0.15) is 17.4 Å². The van der Waals surface area contributed by atoms with Crippen molar-refractivity contribution in [2.24, 2.45) is 0 Å². The van der Waals surface area contributed by atoms with Crippen molar-refractivity contribution in [2.75, 3.05) is 13.7 Å². The number of carbonyl (C=O) groups excluding carboxylic acids is 1. The van der Waals surface area contributed by atoms with Crippen LogP contribution < -0.4 is 10.3 Å². The number of hydrogen-bond acceptors (Lipinski definition) is 5. The summed E-state index contributed by atoms with van der Waals surface area (Å²) in [7, 11) is 1.36. The van der Waals surface area contributed by atoms with Crippen molar-refractivity contribution in [1.82, 2.24) is 9.78 Å². The molecule has 6 nitrogen and oxygen atoms in total. The maximum Gasteiger partial charge on any atom is 0.362 e. The highest BCUT2D eigenvalue weighted by molar-refractivity contribution is 9.10. The van der Waals surface area contributed by atoms with Crippen LogP contribution in [0, 0.1) is 0 Å². The molecule has 0 N–H and O–H groups in total. The molecule has 1 aromatic heterocycles. The van der Waals surface area contributed by atoms with Crippen LogP contribution in [0.25, 0.3) is 5.69 Å². The minimum absolute atomic E-state index is 0.0427. The molecule has 21 heavy (non-hydrogen) atoms. The van der Waals surface area contributed by atoms with E-state index in [4.69, 9.17) is 9.47 Å². The van der Waals surface area contributed by atoms with Crippen LogP contribution in [-0.2, 0) is 4.74 Å². The Hall–Kier alpha value is -2.15. The largest absolute Gasteiger partial charge is 0.494 e. The Kier molecular flexibility index (Phi) is 4.74. The lowest BCUT2D eigenvalue weighted by molar-refractivity contribution is 0.0513. The van der Waals surface area contributed by atoms with E-state index in [1.54, 1.807) is 25.1 Å². The van der Waals surface area contributed by atoms with E-state index in [2.05, 4.69) is 21.0 Å². The lowest BCUT2D eigenvalue weighted by atomic mass is 10.3. The monoisotopic (exact) mass is 352 g/mol. The first kappa shape index (κ1) is 15.2. The zero-order chi connectivity index (χ0) is 15.4. The van der Waals surface area contributed by atoms with E-state index in [9.17, 15) is 9.59 Å². The van der Waals surface area contributed by atoms with Crippen molar-refractivity contribution in [2.45, 2.75) is 6.92 Å². The predicted molar refractivity (Wildman–Crippen MR) is 80.0 cm³/mol. The molecule has 0 aliphatic carbocycles. The molecule has 1 aromatic carbocycles. The lowest BCUT2D eigenvalue weighted by Crippen LogP contribution is -2.24. The van der Waals surface area contributed by atoms with Crippen LogP contribution in [0.5, 0.6) is 5.75 Å². The molecule has 0 aliphatic heterocycles. The van der Waals surface area contributed by atoms with Gasteiger partial charge in [0.25, 0.3) is 5.56 Å². The number of methoxy groups -OCH3 is 1. The molecule has 0 spiro atoms. The molecular formula is C14H13BrN2O4. The molecule has 1 heterocycles. The Labute approximate surface area is 129 Å². The molecule has 110 valence electrons. The van der Waals surface area contributed by atoms with Crippen LogP contribution in [-0.4, -0.2) is 29.5 Å². The minimum atomic E-state index is -0.641. The van der Waals surface area contributed by atoms with Gasteiger partial charge in [-0.25, -0.2) is 4.79 Å². The van der Waals surface area contributed by atoms with Crippen LogP contribution >= 0.6 is 15.9 Å². The highest BCUT2D eigenvalue weighted by atomic mass is 79.9. The molecule has 7 heteroatoms. The molecule has 2 aromatic rings. The van der Waals surface area contributed by atoms with Gasteiger partial charge in [0.15, 0.2) is 5.75 Å². The number of ether oxygens (including phenoxy) is 2. The van der Waals surface area contributed by atoms with Crippen molar-refractivity contribution in [3.05, 3.63) is 50.9 Å². The fraction of sp³-hybridized carbons (Fsp3) is 0.214. The second-order valence-corrected chi connectivity index (χ2v) is 4.93. The first-order valence-corrected chi connectivity index (χ1v) is 6.97. The van der Waals surface area contributed by atoms with Gasteiger partial charge in [0, 0.05) is 4.47 Å². The zero-order valence-corrected chi connectivity index (χ0v) is 13.1. The summed E-state index contributed by atoms with van der Waals surface area (Å²) < 4.78 is 11.9. The van der Waals surface area contributed by atoms with Gasteiger partial charge in [-0.05, 0) is 25.1 Å². The molecule has 0 atom stereocenters. The van der Waals surface area contributed by atoms with Gasteiger partial charge in [-0.1, -0.05) is 22.0 Å². The number of carbonyl (C=O) groups is 1. The van der Waals surface area contributed by atoms with Gasteiger partial charge >= 0.3 is 5.97 Å². The molecule has 0 amide bonds. The van der Waals surface area contributed by atoms with Crippen LogP contribution in [0.4, 0.5) is 0 Å². The summed E-state index contributed by atoms with van der Waals surface area (Å²) in [6, 6.07) is 8.22. The van der Waals surface area contributed by atoms with Gasteiger partial charge in [-0.15, -0.1) is 0 Å². The van der Waals surface area contributed by atoms with Crippen molar-refractivity contribution in [1.29, 1.82) is 0 Å². The molecule has 0 unspecified atom stereocenters. The van der Waals surface area contributed by atoms with E-state index in [1.807, 2.05) is 6.07 Å². The Morgan fingerprint density at radius 3 is 2.76 bits per heavy atom. The summed E-state index contributed by atoms with van der Waals surface area (Å²) >= 11 is 3.32. The van der Waals surface area contributed by atoms with Crippen molar-refractivity contribution in [3.8, 4) is 11.4 Å². The second kappa shape index (κ2) is 6.53. The standard InChI is InChI=1S/C14H13BrN2O4/c1-3-21-14(19)13-11(20-2)8-12(18)17(16-13)10-6-4-5-9(15)7-10/h4-8H,3H2,1-2H3. The average Bonchev–Trinajstić information content (AvgIpc) is 2.47. The van der Waals surface area contributed by atoms with E-state index in [-0.39, 0.29) is 18.1 Å². The molecule has 0 fully saturated rings. The number of halogens is 1. The number of aromatic nitrogens is 2. The SMILES string of the molecule is CCOC(=O)c1nn(-c2cccc(Br)c2)c(=O)cc1OC. The summed E-state index contributed by atoms with van der Waals surface area (Å²) in [6.07, 6.45) is 0. The third-order valence-corrected chi connectivity index (χ3v) is 3.13. The molecule has 0 saturated heterocycles. The Morgan fingerprint density at radius 1 is 1.38 bits per heavy atom. The smallest absolute Gasteiger partial charge is 0.362 e. The van der Waals surface area contributed by atoms with Gasteiger partial charge in [0.1, 0.15) is 0 Å². The number of esters is 1. The third-order valence-electron chi connectivity index (χ3n) is 2.64. The molecule has 0 bridgehead atoms. The van der Waals surface area contributed by atoms with Crippen LogP contribution in [0.15, 0.2) is 39.6 Å². The summed E-state index contributed by atoms with van der Waals surface area (Å²) in [5, 5.41) is 4.06.